The molecule has 31 heavy (non-hydrogen) atoms. The van der Waals surface area contributed by atoms with Gasteiger partial charge in [0.25, 0.3) is 11.8 Å². The number of ether oxygens (including phenoxy) is 1. The van der Waals surface area contributed by atoms with Crippen LogP contribution in [-0.4, -0.2) is 74.8 Å². The molecule has 2 aliphatic heterocycles. The van der Waals surface area contributed by atoms with Crippen LogP contribution in [0.25, 0.3) is 0 Å². The van der Waals surface area contributed by atoms with Gasteiger partial charge in [-0.1, -0.05) is 6.07 Å². The SMILES string of the molecule is C[C@@H]1CCO[C@H]2Cn3cc(C(=O)NCc4ccc(F)cc4F)c(=O)c(O)c3C(=O)N12.[NaH]. The number of carbonyl (C=O) groups is 2. The zero-order chi connectivity index (χ0) is 21.6. The molecule has 1 aromatic heterocycles. The van der Waals surface area contributed by atoms with E-state index in [4.69, 9.17) is 4.74 Å². The first-order chi connectivity index (χ1) is 14.3. The number of rotatable bonds is 3. The number of benzene rings is 1. The van der Waals surface area contributed by atoms with Crippen molar-refractivity contribution in [1.29, 1.82) is 0 Å². The number of fused-ring (bicyclic) bond motifs is 2. The molecule has 2 amide bonds. The molecule has 4 rings (SSSR count). The molecule has 2 aliphatic rings. The van der Waals surface area contributed by atoms with Crippen LogP contribution in [0.2, 0.25) is 0 Å². The molecule has 0 bridgehead atoms. The molecule has 2 N–H and O–H groups in total. The molecule has 1 aromatic carbocycles. The van der Waals surface area contributed by atoms with Crippen molar-refractivity contribution >= 4 is 41.4 Å². The summed E-state index contributed by atoms with van der Waals surface area (Å²) in [6, 6.07) is 2.79. The molecular weight excluding hydrogens is 423 g/mol. The van der Waals surface area contributed by atoms with Gasteiger partial charge in [0.2, 0.25) is 5.43 Å². The molecule has 160 valence electrons. The van der Waals surface area contributed by atoms with Gasteiger partial charge in [0.15, 0.2) is 17.7 Å². The summed E-state index contributed by atoms with van der Waals surface area (Å²) in [4.78, 5) is 39.4. The van der Waals surface area contributed by atoms with E-state index in [-0.39, 0.29) is 59.9 Å². The Morgan fingerprint density at radius 2 is 2.06 bits per heavy atom. The normalized spacial score (nSPS) is 19.8. The van der Waals surface area contributed by atoms with Crippen molar-refractivity contribution in [2.24, 2.45) is 0 Å². The number of aromatic hydroxyl groups is 1. The van der Waals surface area contributed by atoms with Crippen molar-refractivity contribution in [2.45, 2.75) is 38.7 Å². The van der Waals surface area contributed by atoms with Crippen LogP contribution in [0.3, 0.4) is 0 Å². The average molecular weight is 443 g/mol. The van der Waals surface area contributed by atoms with Gasteiger partial charge in [0.05, 0.1) is 13.2 Å². The summed E-state index contributed by atoms with van der Waals surface area (Å²) in [6.45, 7) is 2.18. The average Bonchev–Trinajstić information content (AvgIpc) is 2.69. The number of nitrogens with zero attached hydrogens (tertiary/aromatic N) is 2. The fourth-order valence-corrected chi connectivity index (χ4v) is 3.76. The molecule has 3 heterocycles. The minimum atomic E-state index is -1.00. The van der Waals surface area contributed by atoms with E-state index < -0.39 is 46.4 Å². The number of halogens is 2. The van der Waals surface area contributed by atoms with Gasteiger partial charge in [-0.15, -0.1) is 0 Å². The molecule has 0 unspecified atom stereocenters. The van der Waals surface area contributed by atoms with E-state index >= 15 is 0 Å². The Labute approximate surface area is 198 Å². The van der Waals surface area contributed by atoms with Gasteiger partial charge < -0.3 is 24.6 Å². The summed E-state index contributed by atoms with van der Waals surface area (Å²) in [5.41, 5.74) is -1.57. The molecule has 0 radical (unpaired) electrons. The van der Waals surface area contributed by atoms with Crippen molar-refractivity contribution in [3.63, 3.8) is 0 Å². The molecule has 1 fully saturated rings. The molecule has 2 aromatic rings. The molecule has 2 atom stereocenters. The number of hydrogen-bond acceptors (Lipinski definition) is 5. The Balaban J connectivity index is 0.00000272. The zero-order valence-electron chi connectivity index (χ0n) is 16.0. The first-order valence-electron chi connectivity index (χ1n) is 9.40. The Hall–Kier alpha value is -2.27. The van der Waals surface area contributed by atoms with Gasteiger partial charge in [0.1, 0.15) is 17.2 Å². The molecule has 11 heteroatoms. The van der Waals surface area contributed by atoms with Crippen LogP contribution in [0.4, 0.5) is 8.78 Å². The van der Waals surface area contributed by atoms with Gasteiger partial charge in [-0.3, -0.25) is 14.4 Å². The van der Waals surface area contributed by atoms with Crippen molar-refractivity contribution in [2.75, 3.05) is 6.61 Å². The fourth-order valence-electron chi connectivity index (χ4n) is 3.76. The monoisotopic (exact) mass is 443 g/mol. The van der Waals surface area contributed by atoms with Crippen LogP contribution < -0.4 is 10.7 Å². The van der Waals surface area contributed by atoms with Crippen molar-refractivity contribution < 1.29 is 28.2 Å². The van der Waals surface area contributed by atoms with E-state index in [1.165, 1.54) is 21.7 Å². The topological polar surface area (TPSA) is 101 Å². The van der Waals surface area contributed by atoms with Crippen LogP contribution in [0.1, 0.15) is 39.8 Å². The fraction of sp³-hybridized carbons (Fsp3) is 0.350. The van der Waals surface area contributed by atoms with E-state index in [0.717, 1.165) is 6.07 Å². The number of nitrogens with one attached hydrogen (secondary N) is 1. The van der Waals surface area contributed by atoms with Crippen LogP contribution in [0, 0.1) is 11.6 Å². The predicted octanol–water partition coefficient (Wildman–Crippen LogP) is 0.704. The van der Waals surface area contributed by atoms with E-state index in [1.807, 2.05) is 6.92 Å². The van der Waals surface area contributed by atoms with E-state index in [9.17, 15) is 28.3 Å². The van der Waals surface area contributed by atoms with Crippen LogP contribution in [0.15, 0.2) is 29.2 Å². The van der Waals surface area contributed by atoms with E-state index in [1.54, 1.807) is 0 Å². The Bertz CT molecular complexity index is 1110. The second-order valence-corrected chi connectivity index (χ2v) is 7.32. The van der Waals surface area contributed by atoms with Gasteiger partial charge >= 0.3 is 29.6 Å². The maximum atomic E-state index is 13.8. The second kappa shape index (κ2) is 9.07. The van der Waals surface area contributed by atoms with Crippen LogP contribution in [0.5, 0.6) is 5.75 Å². The first-order valence-corrected chi connectivity index (χ1v) is 9.40. The Morgan fingerprint density at radius 3 is 2.77 bits per heavy atom. The number of amides is 2. The van der Waals surface area contributed by atoms with Crippen molar-refractivity contribution in [3.8, 4) is 5.75 Å². The van der Waals surface area contributed by atoms with Crippen LogP contribution in [-0.2, 0) is 17.8 Å². The summed E-state index contributed by atoms with van der Waals surface area (Å²) in [6.07, 6.45) is 1.25. The molecule has 0 saturated carbocycles. The molecular formula is C20H20F2N3NaO5. The van der Waals surface area contributed by atoms with Crippen LogP contribution >= 0.6 is 0 Å². The summed E-state index contributed by atoms with van der Waals surface area (Å²) >= 11 is 0. The third-order valence-corrected chi connectivity index (χ3v) is 5.38. The summed E-state index contributed by atoms with van der Waals surface area (Å²) in [7, 11) is 0. The van der Waals surface area contributed by atoms with E-state index in [0.29, 0.717) is 19.1 Å². The quantitative estimate of drug-likeness (QED) is 0.681. The zero-order valence-corrected chi connectivity index (χ0v) is 16.0. The number of hydrogen-bond donors (Lipinski definition) is 2. The standard InChI is InChI=1S/C20H19F2N3O5.Na.H/c1-10-4-5-30-15-9-24-8-13(17(26)18(27)16(24)20(29)25(10)15)19(28)23-7-11-2-3-12(21)6-14(11)22;;/h2-3,6,8,10,15,27H,4-5,7,9H2,1H3,(H,23,28);;/t10-,15+;;/m1../s1. The van der Waals surface area contributed by atoms with Gasteiger partial charge in [-0.25, -0.2) is 8.78 Å². The van der Waals surface area contributed by atoms with Gasteiger partial charge in [0, 0.05) is 30.4 Å². The van der Waals surface area contributed by atoms with Crippen molar-refractivity contribution in [3.05, 3.63) is 63.1 Å². The number of carbonyl (C=O) groups excluding carboxylic acids is 2. The molecule has 0 aliphatic carbocycles. The van der Waals surface area contributed by atoms with Gasteiger partial charge in [-0.2, -0.15) is 0 Å². The first kappa shape index (κ1) is 23.4. The second-order valence-electron chi connectivity index (χ2n) is 7.32. The third kappa shape index (κ3) is 4.25. The maximum absolute atomic E-state index is 13.8. The predicted molar refractivity (Wildman–Crippen MR) is 107 cm³/mol. The molecule has 8 nitrogen and oxygen atoms in total. The number of aromatic nitrogens is 1. The van der Waals surface area contributed by atoms with Crippen molar-refractivity contribution in [1.82, 2.24) is 14.8 Å². The summed E-state index contributed by atoms with van der Waals surface area (Å²) < 4.78 is 33.7. The van der Waals surface area contributed by atoms with E-state index in [2.05, 4.69) is 5.32 Å². The Kier molecular flexibility index (Phi) is 6.85. The summed E-state index contributed by atoms with van der Waals surface area (Å²) in [5, 5.41) is 12.7. The number of pyridine rings is 1. The minimum absolute atomic E-state index is 0. The molecule has 0 spiro atoms. The third-order valence-electron chi connectivity index (χ3n) is 5.38. The molecule has 1 saturated heterocycles. The van der Waals surface area contributed by atoms with Gasteiger partial charge in [-0.05, 0) is 19.4 Å². The summed E-state index contributed by atoms with van der Waals surface area (Å²) in [5.74, 6) is -3.82. The Morgan fingerprint density at radius 1 is 1.32 bits per heavy atom.